The van der Waals surface area contributed by atoms with Crippen molar-refractivity contribution in [2.45, 2.75) is 20.3 Å². The van der Waals surface area contributed by atoms with Crippen LogP contribution in [0.1, 0.15) is 17.5 Å². The van der Waals surface area contributed by atoms with Crippen LogP contribution in [0.5, 0.6) is 0 Å². The fourth-order valence-electron chi connectivity index (χ4n) is 3.42. The Labute approximate surface area is 163 Å². The number of aromatic nitrogens is 2. The van der Waals surface area contributed by atoms with E-state index in [9.17, 15) is 9.59 Å². The zero-order valence-corrected chi connectivity index (χ0v) is 15.9. The first kappa shape index (κ1) is 18.0. The van der Waals surface area contributed by atoms with Gasteiger partial charge in [0.15, 0.2) is 0 Å². The molecule has 142 valence electrons. The number of nitrogens with one attached hydrogen (secondary N) is 2. The van der Waals surface area contributed by atoms with Gasteiger partial charge in [0.05, 0.1) is 11.6 Å². The molecule has 2 amide bonds. The van der Waals surface area contributed by atoms with E-state index in [1.807, 2.05) is 62.4 Å². The van der Waals surface area contributed by atoms with Crippen LogP contribution < -0.4 is 10.2 Å². The molecule has 1 fully saturated rings. The van der Waals surface area contributed by atoms with Crippen molar-refractivity contribution in [2.75, 3.05) is 16.8 Å². The molecule has 0 aliphatic carbocycles. The van der Waals surface area contributed by atoms with Crippen LogP contribution in [0.3, 0.4) is 0 Å². The van der Waals surface area contributed by atoms with Crippen molar-refractivity contribution in [3.05, 3.63) is 65.9 Å². The largest absolute Gasteiger partial charge is 0.326 e. The van der Waals surface area contributed by atoms with Gasteiger partial charge in [-0.15, -0.1) is 0 Å². The molecule has 0 spiro atoms. The maximum atomic E-state index is 12.7. The molecule has 1 aromatic heterocycles. The lowest BCUT2D eigenvalue weighted by atomic mass is 10.1. The first-order valence-electron chi connectivity index (χ1n) is 9.29. The maximum Gasteiger partial charge on any atom is 0.229 e. The topological polar surface area (TPSA) is 78.1 Å². The van der Waals surface area contributed by atoms with Crippen LogP contribution in [0.4, 0.5) is 11.4 Å². The molecule has 1 unspecified atom stereocenters. The van der Waals surface area contributed by atoms with E-state index in [4.69, 9.17) is 0 Å². The van der Waals surface area contributed by atoms with Crippen LogP contribution in [0.25, 0.3) is 11.3 Å². The Bertz CT molecular complexity index is 1010. The Morgan fingerprint density at radius 2 is 1.89 bits per heavy atom. The number of aromatic amines is 1. The van der Waals surface area contributed by atoms with Gasteiger partial charge < -0.3 is 10.2 Å². The predicted molar refractivity (Wildman–Crippen MR) is 109 cm³/mol. The number of H-pyrrole nitrogens is 1. The van der Waals surface area contributed by atoms with E-state index in [1.165, 1.54) is 5.56 Å². The number of hydrogen-bond donors (Lipinski definition) is 2. The van der Waals surface area contributed by atoms with E-state index in [0.29, 0.717) is 12.2 Å². The maximum absolute atomic E-state index is 12.7. The standard InChI is InChI=1S/C22H22N4O2/c1-14-3-8-19(11-15(14)2)26-13-17(12-21(26)27)22(28)24-18-6-4-16(5-7-18)20-9-10-23-25-20/h3-11,17H,12-13H2,1-2H3,(H,23,25)(H,24,28). The number of carbonyl (C=O) groups excluding carboxylic acids is 2. The molecule has 0 bridgehead atoms. The molecule has 1 saturated heterocycles. The van der Waals surface area contributed by atoms with Crippen LogP contribution in [0.2, 0.25) is 0 Å². The van der Waals surface area contributed by atoms with E-state index in [1.54, 1.807) is 11.1 Å². The second kappa shape index (κ2) is 7.31. The Hall–Kier alpha value is -3.41. The molecule has 2 aromatic carbocycles. The number of amides is 2. The first-order valence-corrected chi connectivity index (χ1v) is 9.29. The summed E-state index contributed by atoms with van der Waals surface area (Å²) in [5, 5.41) is 9.78. The minimum absolute atomic E-state index is 0.0157. The zero-order chi connectivity index (χ0) is 19.7. The van der Waals surface area contributed by atoms with E-state index in [-0.39, 0.29) is 24.2 Å². The number of nitrogens with zero attached hydrogens (tertiary/aromatic N) is 2. The summed E-state index contributed by atoms with van der Waals surface area (Å²) < 4.78 is 0. The molecule has 6 heteroatoms. The summed E-state index contributed by atoms with van der Waals surface area (Å²) in [6.07, 6.45) is 1.93. The summed E-state index contributed by atoms with van der Waals surface area (Å²) in [6, 6.07) is 15.4. The summed E-state index contributed by atoms with van der Waals surface area (Å²) >= 11 is 0. The molecule has 1 atom stereocenters. The highest BCUT2D eigenvalue weighted by Gasteiger charge is 2.35. The smallest absolute Gasteiger partial charge is 0.229 e. The van der Waals surface area contributed by atoms with Crippen LogP contribution in [0, 0.1) is 19.8 Å². The Morgan fingerprint density at radius 3 is 2.57 bits per heavy atom. The average molecular weight is 374 g/mol. The van der Waals surface area contributed by atoms with Gasteiger partial charge in [0.25, 0.3) is 0 Å². The van der Waals surface area contributed by atoms with Crippen molar-refractivity contribution < 1.29 is 9.59 Å². The third-order valence-corrected chi connectivity index (χ3v) is 5.26. The van der Waals surface area contributed by atoms with E-state index >= 15 is 0 Å². The van der Waals surface area contributed by atoms with Crippen molar-refractivity contribution in [3.63, 3.8) is 0 Å². The quantitative estimate of drug-likeness (QED) is 0.731. The molecule has 1 aliphatic rings. The van der Waals surface area contributed by atoms with Crippen molar-refractivity contribution in [1.82, 2.24) is 10.2 Å². The number of benzene rings is 2. The van der Waals surface area contributed by atoms with Gasteiger partial charge in [0.1, 0.15) is 0 Å². The van der Waals surface area contributed by atoms with Crippen molar-refractivity contribution in [2.24, 2.45) is 5.92 Å². The lowest BCUT2D eigenvalue weighted by Crippen LogP contribution is -2.28. The monoisotopic (exact) mass is 374 g/mol. The van der Waals surface area contributed by atoms with Crippen LogP contribution in [-0.2, 0) is 9.59 Å². The lowest BCUT2D eigenvalue weighted by molar-refractivity contribution is -0.122. The average Bonchev–Trinajstić information content (AvgIpc) is 3.35. The first-order chi connectivity index (χ1) is 13.5. The fraction of sp³-hybridized carbons (Fsp3) is 0.227. The molecule has 0 radical (unpaired) electrons. The van der Waals surface area contributed by atoms with Gasteiger partial charge in [0.2, 0.25) is 11.8 Å². The van der Waals surface area contributed by atoms with Gasteiger partial charge in [-0.05, 0) is 60.9 Å². The molecule has 1 aliphatic heterocycles. The number of anilines is 2. The van der Waals surface area contributed by atoms with Crippen LogP contribution in [0.15, 0.2) is 54.7 Å². The summed E-state index contributed by atoms with van der Waals surface area (Å²) in [7, 11) is 0. The normalized spacial score (nSPS) is 16.4. The fourth-order valence-corrected chi connectivity index (χ4v) is 3.42. The number of carbonyl (C=O) groups is 2. The Kier molecular flexibility index (Phi) is 4.69. The van der Waals surface area contributed by atoms with Gasteiger partial charge >= 0.3 is 0 Å². The van der Waals surface area contributed by atoms with Crippen LogP contribution >= 0.6 is 0 Å². The SMILES string of the molecule is Cc1ccc(N2CC(C(=O)Nc3ccc(-c4ccn[nH]4)cc3)CC2=O)cc1C. The van der Waals surface area contributed by atoms with E-state index < -0.39 is 0 Å². The minimum atomic E-state index is -0.360. The summed E-state index contributed by atoms with van der Waals surface area (Å²) in [5.41, 5.74) is 5.80. The molecular formula is C22H22N4O2. The highest BCUT2D eigenvalue weighted by atomic mass is 16.2. The summed E-state index contributed by atoms with van der Waals surface area (Å²) in [4.78, 5) is 26.8. The third kappa shape index (κ3) is 3.53. The van der Waals surface area contributed by atoms with Gasteiger partial charge in [-0.2, -0.15) is 5.10 Å². The number of hydrogen-bond acceptors (Lipinski definition) is 3. The van der Waals surface area contributed by atoms with Gasteiger partial charge in [-0.25, -0.2) is 0 Å². The molecule has 6 nitrogen and oxygen atoms in total. The molecule has 2 heterocycles. The summed E-state index contributed by atoms with van der Waals surface area (Å²) in [5.74, 6) is -0.506. The lowest BCUT2D eigenvalue weighted by Gasteiger charge is -2.18. The second-order valence-corrected chi connectivity index (χ2v) is 7.21. The molecule has 4 rings (SSSR count). The Morgan fingerprint density at radius 1 is 1.11 bits per heavy atom. The molecule has 0 saturated carbocycles. The molecule has 3 aromatic rings. The zero-order valence-electron chi connectivity index (χ0n) is 15.9. The van der Waals surface area contributed by atoms with Gasteiger partial charge in [-0.3, -0.25) is 14.7 Å². The summed E-state index contributed by atoms with van der Waals surface area (Å²) in [6.45, 7) is 4.47. The van der Waals surface area contributed by atoms with Crippen molar-refractivity contribution >= 4 is 23.2 Å². The third-order valence-electron chi connectivity index (χ3n) is 5.26. The molecule has 2 N–H and O–H groups in total. The van der Waals surface area contributed by atoms with Gasteiger partial charge in [-0.1, -0.05) is 18.2 Å². The van der Waals surface area contributed by atoms with Gasteiger partial charge in [0, 0.05) is 30.5 Å². The Balaban J connectivity index is 1.42. The number of aryl methyl sites for hydroxylation is 2. The van der Waals surface area contributed by atoms with Crippen molar-refractivity contribution in [3.8, 4) is 11.3 Å². The second-order valence-electron chi connectivity index (χ2n) is 7.21. The van der Waals surface area contributed by atoms with E-state index in [2.05, 4.69) is 15.5 Å². The minimum Gasteiger partial charge on any atom is -0.326 e. The predicted octanol–water partition coefficient (Wildman–Crippen LogP) is 3.69. The number of rotatable bonds is 4. The highest BCUT2D eigenvalue weighted by Crippen LogP contribution is 2.28. The molecular weight excluding hydrogens is 352 g/mol. The van der Waals surface area contributed by atoms with E-state index in [0.717, 1.165) is 22.5 Å². The highest BCUT2D eigenvalue weighted by molar-refractivity contribution is 6.03. The van der Waals surface area contributed by atoms with Crippen LogP contribution in [-0.4, -0.2) is 28.6 Å². The van der Waals surface area contributed by atoms with Crippen molar-refractivity contribution in [1.29, 1.82) is 0 Å². The molecule has 28 heavy (non-hydrogen) atoms.